The number of para-hydroxylation sites is 2. The number of aliphatic hydroxyl groups excluding tert-OH is 1. The summed E-state index contributed by atoms with van der Waals surface area (Å²) in [4.78, 5) is 0. The molecule has 0 fully saturated rings. The van der Waals surface area contributed by atoms with Crippen molar-refractivity contribution in [2.24, 2.45) is 7.05 Å². The first-order chi connectivity index (χ1) is 10.1. The van der Waals surface area contributed by atoms with E-state index in [1.807, 2.05) is 44.4 Å². The first-order valence-corrected chi connectivity index (χ1v) is 7.32. The van der Waals surface area contributed by atoms with E-state index in [2.05, 4.69) is 10.4 Å². The maximum Gasteiger partial charge on any atom is 0.142 e. The Kier molecular flexibility index (Phi) is 5.47. The monoisotopic (exact) mass is 309 g/mol. The van der Waals surface area contributed by atoms with Gasteiger partial charge in [0.2, 0.25) is 0 Å². The lowest BCUT2D eigenvalue weighted by Gasteiger charge is -2.14. The first kappa shape index (κ1) is 15.7. The molecule has 0 saturated carbocycles. The molecule has 1 aromatic heterocycles. The van der Waals surface area contributed by atoms with Crippen LogP contribution in [0.15, 0.2) is 30.5 Å². The van der Waals surface area contributed by atoms with Crippen LogP contribution in [0, 0.1) is 6.92 Å². The van der Waals surface area contributed by atoms with Crippen LogP contribution in [0.4, 0.5) is 5.69 Å². The summed E-state index contributed by atoms with van der Waals surface area (Å²) < 4.78 is 7.63. The van der Waals surface area contributed by atoms with Crippen LogP contribution in [0.2, 0.25) is 0 Å². The predicted molar refractivity (Wildman–Crippen MR) is 83.9 cm³/mol. The molecule has 0 bridgehead atoms. The Hall–Kier alpha value is -1.72. The fourth-order valence-corrected chi connectivity index (χ4v) is 2.08. The van der Waals surface area contributed by atoms with Crippen molar-refractivity contribution in [2.45, 2.75) is 19.6 Å². The van der Waals surface area contributed by atoms with E-state index in [1.54, 1.807) is 4.68 Å². The fourth-order valence-electron chi connectivity index (χ4n) is 1.97. The predicted octanol–water partition coefficient (Wildman–Crippen LogP) is 2.32. The lowest BCUT2D eigenvalue weighted by molar-refractivity contribution is 0.211. The van der Waals surface area contributed by atoms with Crippen molar-refractivity contribution in [3.63, 3.8) is 0 Å². The number of alkyl halides is 1. The highest BCUT2D eigenvalue weighted by Gasteiger charge is 2.08. The highest BCUT2D eigenvalue weighted by Crippen LogP contribution is 2.25. The number of hydrogen-bond acceptors (Lipinski definition) is 4. The number of aliphatic hydroxyl groups is 1. The van der Waals surface area contributed by atoms with E-state index in [9.17, 15) is 5.11 Å². The number of benzene rings is 1. The number of nitrogens with one attached hydrogen (secondary N) is 1. The quantitative estimate of drug-likeness (QED) is 0.771. The van der Waals surface area contributed by atoms with Gasteiger partial charge in [-0.3, -0.25) is 4.68 Å². The Balaban J connectivity index is 2.01. The van der Waals surface area contributed by atoms with Crippen LogP contribution in [-0.4, -0.2) is 33.4 Å². The van der Waals surface area contributed by atoms with Gasteiger partial charge in [0.05, 0.1) is 23.4 Å². The molecule has 114 valence electrons. The Morgan fingerprint density at radius 1 is 1.43 bits per heavy atom. The van der Waals surface area contributed by atoms with Gasteiger partial charge in [-0.05, 0) is 19.1 Å². The third kappa shape index (κ3) is 4.37. The third-order valence-corrected chi connectivity index (χ3v) is 3.45. The van der Waals surface area contributed by atoms with Crippen LogP contribution < -0.4 is 10.1 Å². The lowest BCUT2D eigenvalue weighted by atomic mass is 10.2. The minimum absolute atomic E-state index is 0.199. The summed E-state index contributed by atoms with van der Waals surface area (Å²) in [6.45, 7) is 2.80. The van der Waals surface area contributed by atoms with E-state index in [0.717, 1.165) is 22.7 Å². The summed E-state index contributed by atoms with van der Waals surface area (Å²) in [7, 11) is 1.89. The zero-order valence-corrected chi connectivity index (χ0v) is 13.0. The third-order valence-electron chi connectivity index (χ3n) is 3.09. The molecule has 0 amide bonds. The van der Waals surface area contributed by atoms with E-state index in [0.29, 0.717) is 13.2 Å². The summed E-state index contributed by atoms with van der Waals surface area (Å²) in [6, 6.07) is 7.62. The smallest absolute Gasteiger partial charge is 0.142 e. The second-order valence-electron chi connectivity index (χ2n) is 4.89. The van der Waals surface area contributed by atoms with Gasteiger partial charge in [-0.1, -0.05) is 12.1 Å². The van der Waals surface area contributed by atoms with Gasteiger partial charge in [-0.15, -0.1) is 11.6 Å². The molecule has 0 aliphatic rings. The molecule has 2 rings (SSSR count). The van der Waals surface area contributed by atoms with Crippen LogP contribution in [0.25, 0.3) is 0 Å². The first-order valence-electron chi connectivity index (χ1n) is 6.79. The van der Waals surface area contributed by atoms with Crippen LogP contribution in [0.1, 0.15) is 11.3 Å². The van der Waals surface area contributed by atoms with Crippen molar-refractivity contribution in [1.82, 2.24) is 9.78 Å². The lowest BCUT2D eigenvalue weighted by Crippen LogP contribution is -2.21. The van der Waals surface area contributed by atoms with Crippen molar-refractivity contribution in [2.75, 3.05) is 17.7 Å². The summed E-state index contributed by atoms with van der Waals surface area (Å²) in [5.74, 6) is 0.938. The SMILES string of the molecule is Cc1nn(C)cc1COc1ccccc1NCC(O)CCl. The molecule has 6 heteroatoms. The molecular formula is C15H20ClN3O2. The Morgan fingerprint density at radius 2 is 2.19 bits per heavy atom. The van der Waals surface area contributed by atoms with Crippen LogP contribution in [0.3, 0.4) is 0 Å². The molecule has 1 heterocycles. The number of aryl methyl sites for hydroxylation is 2. The normalized spacial score (nSPS) is 12.2. The van der Waals surface area contributed by atoms with Crippen molar-refractivity contribution < 1.29 is 9.84 Å². The zero-order valence-electron chi connectivity index (χ0n) is 12.2. The highest BCUT2D eigenvalue weighted by molar-refractivity contribution is 6.18. The molecule has 2 N–H and O–H groups in total. The van der Waals surface area contributed by atoms with E-state index in [1.165, 1.54) is 0 Å². The second-order valence-corrected chi connectivity index (χ2v) is 5.20. The Bertz CT molecular complexity index is 586. The second kappa shape index (κ2) is 7.33. The number of aromatic nitrogens is 2. The Labute approximate surface area is 129 Å². The van der Waals surface area contributed by atoms with E-state index in [-0.39, 0.29) is 5.88 Å². The van der Waals surface area contributed by atoms with Crippen LogP contribution in [0.5, 0.6) is 5.75 Å². The highest BCUT2D eigenvalue weighted by atomic mass is 35.5. The van der Waals surface area contributed by atoms with Crippen LogP contribution >= 0.6 is 11.6 Å². The Morgan fingerprint density at radius 3 is 2.86 bits per heavy atom. The van der Waals surface area contributed by atoms with Gasteiger partial charge in [0.1, 0.15) is 12.4 Å². The van der Waals surface area contributed by atoms with Crippen molar-refractivity contribution in [3.8, 4) is 5.75 Å². The number of halogens is 1. The molecule has 0 saturated heterocycles. The van der Waals surface area contributed by atoms with E-state index < -0.39 is 6.10 Å². The molecule has 0 radical (unpaired) electrons. The molecule has 21 heavy (non-hydrogen) atoms. The zero-order chi connectivity index (χ0) is 15.2. The van der Waals surface area contributed by atoms with Gasteiger partial charge < -0.3 is 15.2 Å². The molecular weight excluding hydrogens is 290 g/mol. The standard InChI is InChI=1S/C15H20ClN3O2/c1-11-12(9-19(2)18-11)10-21-15-6-4-3-5-14(15)17-8-13(20)7-16/h3-6,9,13,17,20H,7-8,10H2,1-2H3. The average molecular weight is 310 g/mol. The van der Waals surface area contributed by atoms with Gasteiger partial charge in [-0.25, -0.2) is 0 Å². The number of anilines is 1. The van der Waals surface area contributed by atoms with E-state index in [4.69, 9.17) is 16.3 Å². The van der Waals surface area contributed by atoms with Crippen molar-refractivity contribution >= 4 is 17.3 Å². The van der Waals surface area contributed by atoms with Crippen LogP contribution in [-0.2, 0) is 13.7 Å². The molecule has 5 nitrogen and oxygen atoms in total. The van der Waals surface area contributed by atoms with Gasteiger partial charge in [0.25, 0.3) is 0 Å². The molecule has 2 aromatic rings. The molecule has 1 atom stereocenters. The molecule has 0 aliphatic heterocycles. The van der Waals surface area contributed by atoms with Gasteiger partial charge >= 0.3 is 0 Å². The van der Waals surface area contributed by atoms with Gasteiger partial charge in [-0.2, -0.15) is 5.10 Å². The number of ether oxygens (including phenoxy) is 1. The van der Waals surface area contributed by atoms with Crippen molar-refractivity contribution in [1.29, 1.82) is 0 Å². The summed E-state index contributed by atoms with van der Waals surface area (Å²) in [5, 5.41) is 16.9. The average Bonchev–Trinajstić information content (AvgIpc) is 2.81. The minimum Gasteiger partial charge on any atom is -0.487 e. The maximum atomic E-state index is 9.51. The summed E-state index contributed by atoms with van der Waals surface area (Å²) >= 11 is 5.59. The number of rotatable bonds is 7. The molecule has 1 unspecified atom stereocenters. The molecule has 0 aliphatic carbocycles. The topological polar surface area (TPSA) is 59.3 Å². The van der Waals surface area contributed by atoms with Gasteiger partial charge in [0.15, 0.2) is 0 Å². The number of nitrogens with zero attached hydrogens (tertiary/aromatic N) is 2. The van der Waals surface area contributed by atoms with Gasteiger partial charge in [0, 0.05) is 25.4 Å². The van der Waals surface area contributed by atoms with E-state index >= 15 is 0 Å². The minimum atomic E-state index is -0.583. The molecule has 0 spiro atoms. The summed E-state index contributed by atoms with van der Waals surface area (Å²) in [5.41, 5.74) is 2.84. The largest absolute Gasteiger partial charge is 0.487 e. The maximum absolute atomic E-state index is 9.51. The van der Waals surface area contributed by atoms with Crippen molar-refractivity contribution in [3.05, 3.63) is 41.7 Å². The number of hydrogen-bond donors (Lipinski definition) is 2. The fraction of sp³-hybridized carbons (Fsp3) is 0.400. The summed E-state index contributed by atoms with van der Waals surface area (Å²) in [6.07, 6.45) is 1.36. The molecule has 1 aromatic carbocycles.